The normalized spacial score (nSPS) is 11.8. The van der Waals surface area contributed by atoms with Gasteiger partial charge in [-0.05, 0) is 49.6 Å². The van der Waals surface area contributed by atoms with Gasteiger partial charge in [0.05, 0.1) is 22.7 Å². The summed E-state index contributed by atoms with van der Waals surface area (Å²) in [5.74, 6) is 5.97. The van der Waals surface area contributed by atoms with Gasteiger partial charge in [0.2, 0.25) is 0 Å². The van der Waals surface area contributed by atoms with Gasteiger partial charge in [-0.2, -0.15) is 5.10 Å². The van der Waals surface area contributed by atoms with Crippen LogP contribution in [0.25, 0.3) is 22.1 Å². The predicted molar refractivity (Wildman–Crippen MR) is 157 cm³/mol. The fourth-order valence-electron chi connectivity index (χ4n) is 4.97. The number of hydrogen-bond donors (Lipinski definition) is 2. The van der Waals surface area contributed by atoms with Crippen molar-refractivity contribution in [2.45, 2.75) is 19.9 Å². The Morgan fingerprint density at radius 1 is 1.02 bits per heavy atom. The third-order valence-electron chi connectivity index (χ3n) is 6.88. The lowest BCUT2D eigenvalue weighted by Gasteiger charge is -2.21. The largest absolute Gasteiger partial charge is 0.381 e. The Kier molecular flexibility index (Phi) is 6.32. The number of fused-ring (bicyclic) bond motifs is 2. The molecule has 0 aliphatic carbocycles. The third kappa shape index (κ3) is 4.59. The number of carbonyl (C=O) groups excluding carboxylic acids is 1. The molecule has 10 heteroatoms. The van der Waals surface area contributed by atoms with Crippen LogP contribution in [0, 0.1) is 18.8 Å². The first-order valence-corrected chi connectivity index (χ1v) is 13.0. The highest BCUT2D eigenvalue weighted by Gasteiger charge is 2.24. The molecule has 202 valence electrons. The number of para-hydroxylation sites is 1. The van der Waals surface area contributed by atoms with E-state index < -0.39 is 11.9 Å². The van der Waals surface area contributed by atoms with Crippen molar-refractivity contribution in [3.63, 3.8) is 0 Å². The van der Waals surface area contributed by atoms with Crippen molar-refractivity contribution in [2.24, 2.45) is 7.05 Å². The maximum absolute atomic E-state index is 14.2. The van der Waals surface area contributed by atoms with E-state index in [0.717, 1.165) is 11.3 Å². The molecule has 0 aliphatic heterocycles. The zero-order chi connectivity index (χ0) is 28.7. The van der Waals surface area contributed by atoms with Crippen LogP contribution in [0.5, 0.6) is 0 Å². The van der Waals surface area contributed by atoms with Crippen molar-refractivity contribution in [3.05, 3.63) is 118 Å². The Balaban J connectivity index is 1.48. The molecular weight excluding hydrogens is 516 g/mol. The standard InChI is InChI=1S/C31H26N8O2/c1-19-23(18-37(3)35-19)14-13-21-9-7-10-22-17-25(39(31(41)26(21)22)24-11-5-4-6-12-24)20(2)34-30(40)27-28(32)36-38-16-8-15-33-29(27)38/h4-12,15-18,20H,1-3H3,(H2,32,36)(H,34,40)/t20-/m1/s1. The lowest BCUT2D eigenvalue weighted by atomic mass is 10.0. The predicted octanol–water partition coefficient (Wildman–Crippen LogP) is 3.55. The highest BCUT2D eigenvalue weighted by molar-refractivity contribution is 6.04. The summed E-state index contributed by atoms with van der Waals surface area (Å²) in [5.41, 5.74) is 9.84. The molecule has 0 fully saturated rings. The summed E-state index contributed by atoms with van der Waals surface area (Å²) in [6.07, 6.45) is 5.10. The second kappa shape index (κ2) is 10.1. The van der Waals surface area contributed by atoms with Gasteiger partial charge >= 0.3 is 0 Å². The van der Waals surface area contributed by atoms with Gasteiger partial charge in [0.15, 0.2) is 11.5 Å². The lowest BCUT2D eigenvalue weighted by Crippen LogP contribution is -2.32. The Morgan fingerprint density at radius 2 is 1.80 bits per heavy atom. The van der Waals surface area contributed by atoms with E-state index in [1.165, 1.54) is 4.52 Å². The zero-order valence-corrected chi connectivity index (χ0v) is 22.7. The van der Waals surface area contributed by atoms with Crippen LogP contribution in [0.1, 0.15) is 45.8 Å². The minimum Gasteiger partial charge on any atom is -0.381 e. The maximum atomic E-state index is 14.2. The van der Waals surface area contributed by atoms with Gasteiger partial charge in [-0.15, -0.1) is 5.10 Å². The lowest BCUT2D eigenvalue weighted by molar-refractivity contribution is 0.0941. The highest BCUT2D eigenvalue weighted by Crippen LogP contribution is 2.24. The number of aromatic nitrogens is 6. The van der Waals surface area contributed by atoms with E-state index in [9.17, 15) is 9.59 Å². The molecule has 0 spiro atoms. The molecule has 0 saturated heterocycles. The molecule has 10 nitrogen and oxygen atoms in total. The van der Waals surface area contributed by atoms with Gasteiger partial charge in [-0.3, -0.25) is 18.8 Å². The van der Waals surface area contributed by atoms with Crippen molar-refractivity contribution in [3.8, 4) is 17.5 Å². The summed E-state index contributed by atoms with van der Waals surface area (Å²) >= 11 is 0. The fraction of sp³-hybridized carbons (Fsp3) is 0.129. The van der Waals surface area contributed by atoms with E-state index in [1.807, 2.05) is 81.7 Å². The monoisotopic (exact) mass is 542 g/mol. The molecule has 6 aromatic rings. The van der Waals surface area contributed by atoms with Crippen LogP contribution in [-0.4, -0.2) is 34.9 Å². The smallest absolute Gasteiger partial charge is 0.264 e. The maximum Gasteiger partial charge on any atom is 0.264 e. The quantitative estimate of drug-likeness (QED) is 0.328. The number of pyridine rings is 1. The second-order valence-electron chi connectivity index (χ2n) is 9.71. The summed E-state index contributed by atoms with van der Waals surface area (Å²) in [6, 6.07) is 17.9. The van der Waals surface area contributed by atoms with Crippen LogP contribution in [-0.2, 0) is 7.05 Å². The molecule has 41 heavy (non-hydrogen) atoms. The van der Waals surface area contributed by atoms with Crippen molar-refractivity contribution < 1.29 is 4.79 Å². The summed E-state index contributed by atoms with van der Waals surface area (Å²) in [4.78, 5) is 31.9. The van der Waals surface area contributed by atoms with Crippen LogP contribution < -0.4 is 16.6 Å². The number of anilines is 1. The molecule has 6 rings (SSSR count). The van der Waals surface area contributed by atoms with E-state index in [1.54, 1.807) is 27.7 Å². The molecule has 3 N–H and O–H groups in total. The van der Waals surface area contributed by atoms with E-state index in [0.29, 0.717) is 33.4 Å². The van der Waals surface area contributed by atoms with E-state index in [-0.39, 0.29) is 16.9 Å². The van der Waals surface area contributed by atoms with Crippen molar-refractivity contribution in [1.29, 1.82) is 0 Å². The number of rotatable bonds is 4. The molecule has 1 atom stereocenters. The molecule has 2 aromatic carbocycles. The molecule has 0 bridgehead atoms. The first-order chi connectivity index (χ1) is 19.8. The van der Waals surface area contributed by atoms with Crippen LogP contribution >= 0.6 is 0 Å². The van der Waals surface area contributed by atoms with Gasteiger partial charge in [0.1, 0.15) is 5.56 Å². The van der Waals surface area contributed by atoms with E-state index in [2.05, 4.69) is 32.3 Å². The number of carbonyl (C=O) groups is 1. The Bertz CT molecular complexity index is 2080. The zero-order valence-electron chi connectivity index (χ0n) is 22.7. The van der Waals surface area contributed by atoms with Gasteiger partial charge < -0.3 is 11.1 Å². The average Bonchev–Trinajstić information content (AvgIpc) is 3.48. The molecule has 4 aromatic heterocycles. The van der Waals surface area contributed by atoms with Crippen LogP contribution in [0.3, 0.4) is 0 Å². The number of benzene rings is 2. The third-order valence-corrected chi connectivity index (χ3v) is 6.88. The first kappa shape index (κ1) is 25.6. The van der Waals surface area contributed by atoms with Crippen molar-refractivity contribution in [1.82, 2.24) is 34.3 Å². The molecule has 0 unspecified atom stereocenters. The second-order valence-corrected chi connectivity index (χ2v) is 9.71. The van der Waals surface area contributed by atoms with Gasteiger partial charge in [0, 0.05) is 42.6 Å². The number of amides is 1. The van der Waals surface area contributed by atoms with Gasteiger partial charge in [-0.25, -0.2) is 9.50 Å². The first-order valence-electron chi connectivity index (χ1n) is 13.0. The van der Waals surface area contributed by atoms with Gasteiger partial charge in [0.25, 0.3) is 11.5 Å². The summed E-state index contributed by atoms with van der Waals surface area (Å²) in [7, 11) is 1.84. The molecule has 0 saturated carbocycles. The van der Waals surface area contributed by atoms with Crippen LogP contribution in [0.4, 0.5) is 5.82 Å². The molecule has 0 aliphatic rings. The number of hydrogen-bond acceptors (Lipinski definition) is 6. The topological polar surface area (TPSA) is 125 Å². The number of nitrogens with zero attached hydrogens (tertiary/aromatic N) is 6. The highest BCUT2D eigenvalue weighted by atomic mass is 16.2. The number of nitrogens with two attached hydrogens (primary N) is 1. The molecule has 4 heterocycles. The Hall–Kier alpha value is -5.69. The average molecular weight is 543 g/mol. The minimum absolute atomic E-state index is 0.0689. The number of aryl methyl sites for hydroxylation is 2. The van der Waals surface area contributed by atoms with E-state index >= 15 is 0 Å². The minimum atomic E-state index is -0.578. The van der Waals surface area contributed by atoms with Crippen molar-refractivity contribution in [2.75, 3.05) is 5.73 Å². The van der Waals surface area contributed by atoms with Gasteiger partial charge in [-0.1, -0.05) is 42.2 Å². The summed E-state index contributed by atoms with van der Waals surface area (Å²) < 4.78 is 4.79. The Morgan fingerprint density at radius 3 is 2.56 bits per heavy atom. The van der Waals surface area contributed by atoms with Crippen LogP contribution in [0.2, 0.25) is 0 Å². The molecule has 1 amide bonds. The number of nitrogens with one attached hydrogen (secondary N) is 1. The SMILES string of the molecule is Cc1nn(C)cc1C#Cc1cccc2cc([C@@H](C)NC(=O)c3c(N)nn4cccnc34)n(-c3ccccc3)c(=O)c12. The van der Waals surface area contributed by atoms with Crippen LogP contribution in [0.15, 0.2) is 84.0 Å². The van der Waals surface area contributed by atoms with E-state index in [4.69, 9.17) is 5.73 Å². The summed E-state index contributed by atoms with van der Waals surface area (Å²) in [6.45, 7) is 3.72. The Labute approximate surface area is 235 Å². The molecular formula is C31H26N8O2. The molecule has 0 radical (unpaired) electrons. The number of nitrogen functional groups attached to an aromatic ring is 1. The van der Waals surface area contributed by atoms with Crippen molar-refractivity contribution >= 4 is 28.1 Å². The fourth-order valence-corrected chi connectivity index (χ4v) is 4.97. The summed E-state index contributed by atoms with van der Waals surface area (Å²) in [5, 5.41) is 12.7.